The smallest absolute Gasteiger partial charge is 0.251 e. The molecule has 0 heterocycles. The quantitative estimate of drug-likeness (QED) is 0.651. The molecule has 27 heavy (non-hydrogen) atoms. The average molecular weight is 359 g/mol. The second kappa shape index (κ2) is 8.81. The van der Waals surface area contributed by atoms with E-state index in [4.69, 9.17) is 4.74 Å². The SMILES string of the molecule is COc1ccc(CCNC(=O)c2ccc(C(=O)c3ccccc3)cc2)cc1. The predicted octanol–water partition coefficient (Wildman–Crippen LogP) is 3.90. The molecule has 0 saturated heterocycles. The Morgan fingerprint density at radius 3 is 2.00 bits per heavy atom. The van der Waals surface area contributed by atoms with Gasteiger partial charge in [-0.2, -0.15) is 0 Å². The lowest BCUT2D eigenvalue weighted by atomic mass is 10.0. The van der Waals surface area contributed by atoms with Gasteiger partial charge in [-0.15, -0.1) is 0 Å². The lowest BCUT2D eigenvalue weighted by Gasteiger charge is -2.07. The van der Waals surface area contributed by atoms with E-state index >= 15 is 0 Å². The summed E-state index contributed by atoms with van der Waals surface area (Å²) in [4.78, 5) is 24.7. The van der Waals surface area contributed by atoms with Crippen LogP contribution in [0.5, 0.6) is 5.75 Å². The van der Waals surface area contributed by atoms with Gasteiger partial charge in [-0.1, -0.05) is 54.6 Å². The first-order chi connectivity index (χ1) is 13.2. The maximum atomic E-state index is 12.4. The molecule has 0 bridgehead atoms. The van der Waals surface area contributed by atoms with Crippen molar-refractivity contribution in [2.24, 2.45) is 0 Å². The molecule has 0 aliphatic heterocycles. The van der Waals surface area contributed by atoms with Gasteiger partial charge >= 0.3 is 0 Å². The Kier molecular flexibility index (Phi) is 6.00. The second-order valence-corrected chi connectivity index (χ2v) is 6.13. The maximum absolute atomic E-state index is 12.4. The molecule has 3 aromatic carbocycles. The zero-order valence-electron chi connectivity index (χ0n) is 15.1. The minimum atomic E-state index is -0.151. The molecule has 0 radical (unpaired) electrons. The topological polar surface area (TPSA) is 55.4 Å². The summed E-state index contributed by atoms with van der Waals surface area (Å²) in [5.41, 5.74) is 2.86. The molecular weight excluding hydrogens is 338 g/mol. The number of benzene rings is 3. The molecule has 0 aliphatic rings. The number of carbonyl (C=O) groups excluding carboxylic acids is 2. The van der Waals surface area contributed by atoms with Crippen molar-refractivity contribution in [2.45, 2.75) is 6.42 Å². The van der Waals surface area contributed by atoms with Gasteiger partial charge in [-0.3, -0.25) is 9.59 Å². The third kappa shape index (κ3) is 4.82. The van der Waals surface area contributed by atoms with Gasteiger partial charge in [-0.25, -0.2) is 0 Å². The first kappa shape index (κ1) is 18.4. The van der Waals surface area contributed by atoms with Crippen LogP contribution in [0.2, 0.25) is 0 Å². The zero-order valence-corrected chi connectivity index (χ0v) is 15.1. The van der Waals surface area contributed by atoms with Crippen LogP contribution in [0.25, 0.3) is 0 Å². The van der Waals surface area contributed by atoms with Gasteiger partial charge in [0.1, 0.15) is 5.75 Å². The average Bonchev–Trinajstić information content (AvgIpc) is 2.74. The van der Waals surface area contributed by atoms with E-state index in [1.165, 1.54) is 0 Å². The Morgan fingerprint density at radius 1 is 0.778 bits per heavy atom. The summed E-state index contributed by atoms with van der Waals surface area (Å²) in [7, 11) is 1.63. The minimum absolute atomic E-state index is 0.0536. The number of methoxy groups -OCH3 is 1. The summed E-state index contributed by atoms with van der Waals surface area (Å²) in [6.07, 6.45) is 0.736. The molecule has 0 aromatic heterocycles. The second-order valence-electron chi connectivity index (χ2n) is 6.13. The summed E-state index contributed by atoms with van der Waals surface area (Å²) in [5.74, 6) is 0.609. The van der Waals surface area contributed by atoms with Gasteiger partial charge in [0.05, 0.1) is 7.11 Å². The monoisotopic (exact) mass is 359 g/mol. The van der Waals surface area contributed by atoms with Gasteiger partial charge in [0.15, 0.2) is 5.78 Å². The molecule has 1 N–H and O–H groups in total. The normalized spacial score (nSPS) is 10.3. The van der Waals surface area contributed by atoms with Crippen molar-refractivity contribution in [3.63, 3.8) is 0 Å². The third-order valence-electron chi connectivity index (χ3n) is 4.30. The van der Waals surface area contributed by atoms with Crippen LogP contribution in [-0.2, 0) is 6.42 Å². The van der Waals surface area contributed by atoms with Gasteiger partial charge < -0.3 is 10.1 Å². The fourth-order valence-corrected chi connectivity index (χ4v) is 2.74. The first-order valence-electron chi connectivity index (χ1n) is 8.78. The molecule has 0 fully saturated rings. The largest absolute Gasteiger partial charge is 0.497 e. The number of rotatable bonds is 7. The standard InChI is InChI=1S/C23H21NO3/c1-27-21-13-7-17(8-14-21)15-16-24-23(26)20-11-9-19(10-12-20)22(25)18-5-3-2-4-6-18/h2-14H,15-16H2,1H3,(H,24,26). The number of amides is 1. The maximum Gasteiger partial charge on any atom is 0.251 e. The van der Waals surface area contributed by atoms with Crippen molar-refractivity contribution < 1.29 is 14.3 Å². The van der Waals surface area contributed by atoms with Crippen LogP contribution in [0, 0.1) is 0 Å². The van der Waals surface area contributed by atoms with Crippen LogP contribution >= 0.6 is 0 Å². The number of nitrogens with one attached hydrogen (secondary N) is 1. The first-order valence-corrected chi connectivity index (χ1v) is 8.78. The molecule has 0 atom stereocenters. The summed E-state index contributed by atoms with van der Waals surface area (Å²) < 4.78 is 5.13. The molecule has 1 amide bonds. The fraction of sp³-hybridized carbons (Fsp3) is 0.130. The summed E-state index contributed by atoms with van der Waals surface area (Å²) >= 11 is 0. The van der Waals surface area contributed by atoms with E-state index in [1.807, 2.05) is 42.5 Å². The van der Waals surface area contributed by atoms with Gasteiger partial charge in [0.25, 0.3) is 5.91 Å². The van der Waals surface area contributed by atoms with E-state index in [0.717, 1.165) is 17.7 Å². The zero-order chi connectivity index (χ0) is 19.1. The van der Waals surface area contributed by atoms with E-state index in [0.29, 0.717) is 23.2 Å². The number of carbonyl (C=O) groups is 2. The summed E-state index contributed by atoms with van der Waals surface area (Å²) in [6.45, 7) is 0.538. The van der Waals surface area contributed by atoms with Crippen LogP contribution in [0.4, 0.5) is 0 Å². The lowest BCUT2D eigenvalue weighted by molar-refractivity contribution is 0.0952. The molecule has 4 nitrogen and oxygen atoms in total. The molecule has 3 rings (SSSR count). The highest BCUT2D eigenvalue weighted by Gasteiger charge is 2.10. The van der Waals surface area contributed by atoms with E-state index in [9.17, 15) is 9.59 Å². The Morgan fingerprint density at radius 2 is 1.37 bits per heavy atom. The van der Waals surface area contributed by atoms with Crippen LogP contribution in [0.15, 0.2) is 78.9 Å². The fourth-order valence-electron chi connectivity index (χ4n) is 2.74. The van der Waals surface area contributed by atoms with Crippen molar-refractivity contribution in [3.8, 4) is 5.75 Å². The van der Waals surface area contributed by atoms with Gasteiger partial charge in [0, 0.05) is 23.2 Å². The van der Waals surface area contributed by atoms with Gasteiger partial charge in [0.2, 0.25) is 0 Å². The highest BCUT2D eigenvalue weighted by Crippen LogP contribution is 2.12. The Labute approximate surface area is 158 Å². The third-order valence-corrected chi connectivity index (χ3v) is 4.30. The van der Waals surface area contributed by atoms with E-state index in [2.05, 4.69) is 5.32 Å². The van der Waals surface area contributed by atoms with Crippen LogP contribution in [-0.4, -0.2) is 25.3 Å². The number of ketones is 1. The lowest BCUT2D eigenvalue weighted by Crippen LogP contribution is -2.25. The van der Waals surface area contributed by atoms with Crippen molar-refractivity contribution >= 4 is 11.7 Å². The minimum Gasteiger partial charge on any atom is -0.497 e. The Hall–Kier alpha value is -3.40. The number of hydrogen-bond donors (Lipinski definition) is 1. The highest BCUT2D eigenvalue weighted by atomic mass is 16.5. The Balaban J connectivity index is 1.55. The van der Waals surface area contributed by atoms with E-state index in [-0.39, 0.29) is 11.7 Å². The number of hydrogen-bond acceptors (Lipinski definition) is 3. The molecule has 0 saturated carbocycles. The van der Waals surface area contributed by atoms with Crippen molar-refractivity contribution in [3.05, 3.63) is 101 Å². The number of ether oxygens (including phenoxy) is 1. The molecular formula is C23H21NO3. The van der Waals surface area contributed by atoms with Gasteiger partial charge in [-0.05, 0) is 36.2 Å². The van der Waals surface area contributed by atoms with Crippen molar-refractivity contribution in [1.29, 1.82) is 0 Å². The molecule has 0 spiro atoms. The molecule has 0 unspecified atom stereocenters. The molecule has 4 heteroatoms. The van der Waals surface area contributed by atoms with Crippen LogP contribution in [0.1, 0.15) is 31.8 Å². The molecule has 3 aromatic rings. The van der Waals surface area contributed by atoms with Crippen LogP contribution < -0.4 is 10.1 Å². The summed E-state index contributed by atoms with van der Waals surface area (Å²) in [6, 6.07) is 23.6. The van der Waals surface area contributed by atoms with Crippen molar-refractivity contribution in [1.82, 2.24) is 5.32 Å². The van der Waals surface area contributed by atoms with E-state index < -0.39 is 0 Å². The summed E-state index contributed by atoms with van der Waals surface area (Å²) in [5, 5.41) is 2.90. The van der Waals surface area contributed by atoms with Crippen LogP contribution in [0.3, 0.4) is 0 Å². The van der Waals surface area contributed by atoms with E-state index in [1.54, 1.807) is 43.5 Å². The predicted molar refractivity (Wildman–Crippen MR) is 105 cm³/mol. The molecule has 0 aliphatic carbocycles. The highest BCUT2D eigenvalue weighted by molar-refractivity contribution is 6.09. The molecule has 136 valence electrons. The van der Waals surface area contributed by atoms with Crippen molar-refractivity contribution in [2.75, 3.05) is 13.7 Å². The Bertz CT molecular complexity index is 901.